The summed E-state index contributed by atoms with van der Waals surface area (Å²) in [7, 11) is 1.43. The summed E-state index contributed by atoms with van der Waals surface area (Å²) in [6.45, 7) is 1.61. The van der Waals surface area contributed by atoms with E-state index in [1.807, 2.05) is 0 Å². The van der Waals surface area contributed by atoms with Crippen molar-refractivity contribution in [3.05, 3.63) is 85.5 Å². The maximum Gasteiger partial charge on any atom is 0.342 e. The fraction of sp³-hybridized carbons (Fsp3) is 0.259. The molecule has 1 aromatic carbocycles. The zero-order valence-corrected chi connectivity index (χ0v) is 22.7. The number of methoxy groups -OCH3 is 1. The summed E-state index contributed by atoms with van der Waals surface area (Å²) in [5.74, 6) is 0.198. The van der Waals surface area contributed by atoms with Crippen LogP contribution in [0.2, 0.25) is 10.0 Å². The molecule has 0 spiro atoms. The Morgan fingerprint density at radius 2 is 1.82 bits per heavy atom. The SMILES string of the molecule is COc1nc(N2[C@@H]3CC[C@H]2CNC3)cc2c1c(=O)n(-c1cnc3ccc(Cl)cn13)c(=O)n2-c1ccc(F)c(Cl)c1. The second kappa shape index (κ2) is 9.33. The number of rotatable bonds is 4. The molecule has 7 rings (SSSR count). The highest BCUT2D eigenvalue weighted by molar-refractivity contribution is 6.31. The second-order valence-corrected chi connectivity index (χ2v) is 10.7. The number of aromatic nitrogens is 5. The standard InChI is InChI=1S/C27H22Cl2FN7O3/c1-40-25-24-20(9-22(33-25)35-16-3-4-17(35)11-31-10-16)36(15-5-6-19(30)18(29)8-15)27(39)37(26(24)38)23-12-32-21-7-2-14(28)13-34(21)23/h2,5-9,12-13,16-17,31H,3-4,10-11H2,1H3/t16-,17+. The summed E-state index contributed by atoms with van der Waals surface area (Å²) in [5, 5.41) is 3.74. The fourth-order valence-corrected chi connectivity index (χ4v) is 6.23. The van der Waals surface area contributed by atoms with Crippen molar-refractivity contribution in [1.82, 2.24) is 28.8 Å². The first-order valence-electron chi connectivity index (χ1n) is 12.7. The Balaban J connectivity index is 1.60. The zero-order chi connectivity index (χ0) is 27.7. The van der Waals surface area contributed by atoms with E-state index in [9.17, 15) is 14.0 Å². The van der Waals surface area contributed by atoms with Crippen LogP contribution in [0, 0.1) is 5.82 Å². The molecule has 5 aromatic rings. The van der Waals surface area contributed by atoms with Gasteiger partial charge in [-0.3, -0.25) is 13.8 Å². The molecular weight excluding hydrogens is 560 g/mol. The average molecular weight is 582 g/mol. The molecule has 2 atom stereocenters. The van der Waals surface area contributed by atoms with E-state index in [1.165, 1.54) is 36.1 Å². The molecule has 10 nitrogen and oxygen atoms in total. The molecule has 0 radical (unpaired) electrons. The van der Waals surface area contributed by atoms with Gasteiger partial charge >= 0.3 is 5.69 Å². The predicted molar refractivity (Wildman–Crippen MR) is 150 cm³/mol. The number of hydrogen-bond acceptors (Lipinski definition) is 7. The first-order chi connectivity index (χ1) is 19.4. The zero-order valence-electron chi connectivity index (χ0n) is 21.1. The van der Waals surface area contributed by atoms with Crippen molar-refractivity contribution in [3.63, 3.8) is 0 Å². The number of ether oxygens (including phenoxy) is 1. The summed E-state index contributed by atoms with van der Waals surface area (Å²) < 4.78 is 23.7. The lowest BCUT2D eigenvalue weighted by atomic mass is 10.2. The van der Waals surface area contributed by atoms with Crippen molar-refractivity contribution in [3.8, 4) is 17.4 Å². The fourth-order valence-electron chi connectivity index (χ4n) is 5.89. The van der Waals surface area contributed by atoms with Crippen LogP contribution in [0.1, 0.15) is 12.8 Å². The predicted octanol–water partition coefficient (Wildman–Crippen LogP) is 3.58. The third-order valence-corrected chi connectivity index (χ3v) is 8.18. The summed E-state index contributed by atoms with van der Waals surface area (Å²) >= 11 is 12.4. The maximum atomic E-state index is 14.3. The molecule has 2 bridgehead atoms. The molecule has 40 heavy (non-hydrogen) atoms. The highest BCUT2D eigenvalue weighted by Gasteiger charge is 2.38. The van der Waals surface area contributed by atoms with Gasteiger partial charge in [0, 0.05) is 37.4 Å². The molecule has 6 heterocycles. The quantitative estimate of drug-likeness (QED) is 0.346. The monoisotopic (exact) mass is 581 g/mol. The highest BCUT2D eigenvalue weighted by Crippen LogP contribution is 2.35. The Hall–Kier alpha value is -3.93. The molecule has 204 valence electrons. The smallest absolute Gasteiger partial charge is 0.342 e. The molecule has 0 amide bonds. The molecule has 0 saturated carbocycles. The van der Waals surface area contributed by atoms with Crippen molar-refractivity contribution >= 4 is 45.6 Å². The Bertz CT molecular complexity index is 1940. The molecule has 2 aliphatic heterocycles. The van der Waals surface area contributed by atoms with Crippen LogP contribution in [0.3, 0.4) is 0 Å². The van der Waals surface area contributed by atoms with Gasteiger partial charge in [0.25, 0.3) is 5.56 Å². The number of benzene rings is 1. The van der Waals surface area contributed by atoms with E-state index in [1.54, 1.807) is 28.8 Å². The van der Waals surface area contributed by atoms with Crippen LogP contribution in [0.5, 0.6) is 5.88 Å². The first-order valence-corrected chi connectivity index (χ1v) is 13.5. The van der Waals surface area contributed by atoms with Crippen molar-refractivity contribution in [1.29, 1.82) is 0 Å². The van der Waals surface area contributed by atoms with Crippen molar-refractivity contribution in [2.75, 3.05) is 25.1 Å². The van der Waals surface area contributed by atoms with Gasteiger partial charge in [-0.1, -0.05) is 23.2 Å². The van der Waals surface area contributed by atoms with Crippen LogP contribution in [0.4, 0.5) is 10.2 Å². The third kappa shape index (κ3) is 3.72. The molecule has 1 N–H and O–H groups in total. The Morgan fingerprint density at radius 3 is 2.55 bits per heavy atom. The van der Waals surface area contributed by atoms with Gasteiger partial charge in [-0.15, -0.1) is 0 Å². The Morgan fingerprint density at radius 1 is 1.05 bits per heavy atom. The molecule has 2 aliphatic rings. The van der Waals surface area contributed by atoms with Crippen LogP contribution in [-0.2, 0) is 0 Å². The van der Waals surface area contributed by atoms with Crippen LogP contribution >= 0.6 is 23.2 Å². The number of imidazole rings is 1. The Labute approximate surface area is 236 Å². The summed E-state index contributed by atoms with van der Waals surface area (Å²) in [6, 6.07) is 9.45. The van der Waals surface area contributed by atoms with Gasteiger partial charge < -0.3 is 15.0 Å². The van der Waals surface area contributed by atoms with Gasteiger partial charge in [0.2, 0.25) is 5.88 Å². The third-order valence-electron chi connectivity index (χ3n) is 7.67. The van der Waals surface area contributed by atoms with Crippen LogP contribution in [0.25, 0.3) is 28.1 Å². The number of pyridine rings is 2. The number of anilines is 1. The number of nitrogens with zero attached hydrogens (tertiary/aromatic N) is 6. The van der Waals surface area contributed by atoms with Crippen LogP contribution in [-0.4, -0.2) is 55.8 Å². The van der Waals surface area contributed by atoms with Gasteiger partial charge in [-0.05, 0) is 43.2 Å². The molecular formula is C27H22Cl2FN7O3. The molecule has 0 unspecified atom stereocenters. The minimum Gasteiger partial charge on any atom is -0.480 e. The summed E-state index contributed by atoms with van der Waals surface area (Å²) in [5.41, 5.74) is -0.336. The highest BCUT2D eigenvalue weighted by atomic mass is 35.5. The van der Waals surface area contributed by atoms with E-state index in [2.05, 4.69) is 15.2 Å². The normalized spacial score (nSPS) is 18.6. The molecule has 2 fully saturated rings. The first kappa shape index (κ1) is 25.1. The van der Waals surface area contributed by atoms with Crippen molar-refractivity contribution in [2.24, 2.45) is 0 Å². The minimum absolute atomic E-state index is 0.0676. The van der Waals surface area contributed by atoms with Gasteiger partial charge in [0.05, 0.1) is 34.6 Å². The van der Waals surface area contributed by atoms with Crippen molar-refractivity contribution < 1.29 is 9.13 Å². The number of nitrogens with one attached hydrogen (secondary N) is 1. The lowest BCUT2D eigenvalue weighted by molar-refractivity contribution is 0.400. The lowest BCUT2D eigenvalue weighted by Crippen LogP contribution is -2.52. The van der Waals surface area contributed by atoms with Crippen LogP contribution < -0.4 is 26.2 Å². The van der Waals surface area contributed by atoms with E-state index in [0.717, 1.165) is 30.5 Å². The van der Waals surface area contributed by atoms with E-state index in [0.29, 0.717) is 16.5 Å². The van der Waals surface area contributed by atoms with E-state index >= 15 is 0 Å². The van der Waals surface area contributed by atoms with Gasteiger partial charge in [0.15, 0.2) is 0 Å². The number of halogens is 3. The van der Waals surface area contributed by atoms with Gasteiger partial charge in [0.1, 0.15) is 28.5 Å². The summed E-state index contributed by atoms with van der Waals surface area (Å²) in [4.78, 5) is 39.7. The van der Waals surface area contributed by atoms with Gasteiger partial charge in [-0.25, -0.2) is 18.7 Å². The number of fused-ring (bicyclic) bond motifs is 4. The number of piperazine rings is 1. The molecule has 2 saturated heterocycles. The van der Waals surface area contributed by atoms with E-state index < -0.39 is 17.1 Å². The molecule has 13 heteroatoms. The maximum absolute atomic E-state index is 14.3. The Kier molecular flexibility index (Phi) is 5.84. The van der Waals surface area contributed by atoms with E-state index in [-0.39, 0.29) is 45.4 Å². The summed E-state index contributed by atoms with van der Waals surface area (Å²) in [6.07, 6.45) is 4.97. The van der Waals surface area contributed by atoms with Crippen LogP contribution in [0.15, 0.2) is 58.4 Å². The minimum atomic E-state index is -0.704. The average Bonchev–Trinajstić information content (AvgIpc) is 3.46. The molecule has 4 aromatic heterocycles. The number of hydrogen-bond donors (Lipinski definition) is 1. The topological polar surface area (TPSA) is 98.7 Å². The lowest BCUT2D eigenvalue weighted by Gasteiger charge is -2.36. The largest absolute Gasteiger partial charge is 0.480 e. The van der Waals surface area contributed by atoms with Crippen molar-refractivity contribution in [2.45, 2.75) is 24.9 Å². The van der Waals surface area contributed by atoms with E-state index in [4.69, 9.17) is 32.9 Å². The second-order valence-electron chi connectivity index (χ2n) is 9.88. The van der Waals surface area contributed by atoms with Gasteiger partial charge in [-0.2, -0.15) is 4.98 Å². The molecule has 0 aliphatic carbocycles.